The lowest BCUT2D eigenvalue weighted by Gasteiger charge is -2.26. The molecule has 0 spiro atoms. The van der Waals surface area contributed by atoms with Crippen LogP contribution in [0.1, 0.15) is 13.3 Å². The predicted molar refractivity (Wildman–Crippen MR) is 74.4 cm³/mol. The van der Waals surface area contributed by atoms with Gasteiger partial charge in [0.25, 0.3) is 0 Å². The highest BCUT2D eigenvalue weighted by molar-refractivity contribution is 7.99. The van der Waals surface area contributed by atoms with Crippen LogP contribution in [0.5, 0.6) is 0 Å². The average molecular weight is 290 g/mol. The maximum atomic E-state index is 10.9. The van der Waals surface area contributed by atoms with Crippen LogP contribution in [0.15, 0.2) is 0 Å². The molecule has 1 atom stereocenters. The van der Waals surface area contributed by atoms with Gasteiger partial charge in [0.2, 0.25) is 5.91 Å². The fourth-order valence-electron chi connectivity index (χ4n) is 1.82. The molecule has 1 aliphatic rings. The second-order valence-corrected chi connectivity index (χ2v) is 5.67. The van der Waals surface area contributed by atoms with Gasteiger partial charge < -0.3 is 15.2 Å². The topological polar surface area (TPSA) is 78.9 Å². The summed E-state index contributed by atoms with van der Waals surface area (Å²) in [6.07, 6.45) is 0.461. The van der Waals surface area contributed by atoms with E-state index in [1.165, 1.54) is 6.92 Å². The highest BCUT2D eigenvalue weighted by atomic mass is 32.2. The van der Waals surface area contributed by atoms with Gasteiger partial charge in [0.05, 0.1) is 13.2 Å². The molecule has 0 radical (unpaired) electrons. The summed E-state index contributed by atoms with van der Waals surface area (Å²) in [5.74, 6) is 0.447. The van der Waals surface area contributed by atoms with Gasteiger partial charge >= 0.3 is 5.97 Å². The van der Waals surface area contributed by atoms with Crippen molar-refractivity contribution in [2.75, 3.05) is 44.4 Å². The molecule has 1 saturated heterocycles. The van der Waals surface area contributed by atoms with Gasteiger partial charge in [-0.25, -0.2) is 4.79 Å². The Balaban J connectivity index is 2.07. The second kappa shape index (κ2) is 9.17. The van der Waals surface area contributed by atoms with Crippen molar-refractivity contribution in [1.82, 2.24) is 10.2 Å². The summed E-state index contributed by atoms with van der Waals surface area (Å²) in [6, 6.07) is -0.770. The Bertz CT molecular complexity index is 295. The number of ether oxygens (including phenoxy) is 1. The number of hydrogen-bond acceptors (Lipinski definition) is 5. The van der Waals surface area contributed by atoms with Crippen molar-refractivity contribution in [3.05, 3.63) is 0 Å². The Morgan fingerprint density at radius 2 is 2.05 bits per heavy atom. The number of rotatable bonds is 8. The molecular formula is C12H22N2O4S. The zero-order valence-corrected chi connectivity index (χ0v) is 12.1. The van der Waals surface area contributed by atoms with E-state index in [2.05, 4.69) is 10.2 Å². The molecule has 1 aliphatic heterocycles. The van der Waals surface area contributed by atoms with E-state index in [-0.39, 0.29) is 5.91 Å². The zero-order chi connectivity index (χ0) is 14.1. The van der Waals surface area contributed by atoms with Crippen molar-refractivity contribution in [3.63, 3.8) is 0 Å². The maximum absolute atomic E-state index is 10.9. The van der Waals surface area contributed by atoms with Crippen LogP contribution >= 0.6 is 11.8 Å². The average Bonchev–Trinajstić information content (AvgIpc) is 2.37. The Hall–Kier alpha value is -0.790. The fraction of sp³-hybridized carbons (Fsp3) is 0.833. The number of nitrogens with one attached hydrogen (secondary N) is 1. The Morgan fingerprint density at radius 1 is 1.37 bits per heavy atom. The van der Waals surface area contributed by atoms with Crippen LogP contribution in [0.25, 0.3) is 0 Å². The van der Waals surface area contributed by atoms with Gasteiger partial charge in [-0.2, -0.15) is 11.8 Å². The minimum atomic E-state index is -0.969. The van der Waals surface area contributed by atoms with Crippen molar-refractivity contribution in [3.8, 4) is 0 Å². The van der Waals surface area contributed by atoms with Gasteiger partial charge in [-0.1, -0.05) is 0 Å². The number of carbonyl (C=O) groups excluding carboxylic acids is 1. The molecular weight excluding hydrogens is 268 g/mol. The van der Waals surface area contributed by atoms with E-state index in [0.29, 0.717) is 6.42 Å². The molecule has 2 N–H and O–H groups in total. The molecule has 0 aromatic rings. The number of carbonyl (C=O) groups is 2. The van der Waals surface area contributed by atoms with Crippen molar-refractivity contribution in [1.29, 1.82) is 0 Å². The summed E-state index contributed by atoms with van der Waals surface area (Å²) < 4.78 is 5.27. The molecule has 0 saturated carbocycles. The quantitative estimate of drug-likeness (QED) is 0.614. The first-order valence-electron chi connectivity index (χ1n) is 6.47. The number of morpholine rings is 1. The number of amides is 1. The van der Waals surface area contributed by atoms with Crippen molar-refractivity contribution < 1.29 is 19.4 Å². The van der Waals surface area contributed by atoms with Crippen LogP contribution in [-0.2, 0) is 14.3 Å². The standard InChI is InChI=1S/C12H22N2O4S/c1-10(15)13-11(12(16)17)2-8-19-9-5-14-3-6-18-7-4-14/h11H,2-9H2,1H3,(H,13,15)(H,16,17). The molecule has 1 heterocycles. The molecule has 1 rings (SSSR count). The molecule has 19 heavy (non-hydrogen) atoms. The minimum absolute atomic E-state index is 0.300. The summed E-state index contributed by atoms with van der Waals surface area (Å²) in [5.41, 5.74) is 0. The van der Waals surface area contributed by atoms with Gasteiger partial charge in [-0.3, -0.25) is 9.69 Å². The lowest BCUT2D eigenvalue weighted by Crippen LogP contribution is -2.40. The van der Waals surface area contributed by atoms with E-state index in [4.69, 9.17) is 9.84 Å². The molecule has 0 aromatic heterocycles. The van der Waals surface area contributed by atoms with Crippen LogP contribution in [-0.4, -0.2) is 72.3 Å². The number of thioether (sulfide) groups is 1. The molecule has 110 valence electrons. The molecule has 0 aromatic carbocycles. The largest absolute Gasteiger partial charge is 0.480 e. The van der Waals surface area contributed by atoms with E-state index in [1.807, 2.05) is 0 Å². The maximum Gasteiger partial charge on any atom is 0.326 e. The second-order valence-electron chi connectivity index (χ2n) is 4.45. The van der Waals surface area contributed by atoms with Crippen LogP contribution in [0.2, 0.25) is 0 Å². The molecule has 1 fully saturated rings. The van der Waals surface area contributed by atoms with Gasteiger partial charge in [-0.15, -0.1) is 0 Å². The summed E-state index contributed by atoms with van der Waals surface area (Å²) in [4.78, 5) is 24.1. The van der Waals surface area contributed by atoms with E-state index >= 15 is 0 Å². The normalized spacial score (nSPS) is 17.9. The van der Waals surface area contributed by atoms with E-state index in [0.717, 1.165) is 44.4 Å². The third kappa shape index (κ3) is 7.39. The van der Waals surface area contributed by atoms with E-state index in [9.17, 15) is 9.59 Å². The van der Waals surface area contributed by atoms with Crippen LogP contribution in [0, 0.1) is 0 Å². The highest BCUT2D eigenvalue weighted by Gasteiger charge is 2.17. The predicted octanol–water partition coefficient (Wildman–Crippen LogP) is 0.0312. The minimum Gasteiger partial charge on any atom is -0.480 e. The number of carboxylic acids is 1. The van der Waals surface area contributed by atoms with Gasteiger partial charge in [0, 0.05) is 32.3 Å². The lowest BCUT2D eigenvalue weighted by molar-refractivity contribution is -0.141. The SMILES string of the molecule is CC(=O)NC(CCSCCN1CCOCC1)C(=O)O. The summed E-state index contributed by atoms with van der Waals surface area (Å²) >= 11 is 1.72. The number of aliphatic carboxylic acids is 1. The van der Waals surface area contributed by atoms with Crippen LogP contribution < -0.4 is 5.32 Å². The Kier molecular flexibility index (Phi) is 7.85. The van der Waals surface area contributed by atoms with Crippen LogP contribution in [0.4, 0.5) is 0 Å². The smallest absolute Gasteiger partial charge is 0.326 e. The van der Waals surface area contributed by atoms with Crippen molar-refractivity contribution in [2.45, 2.75) is 19.4 Å². The first kappa shape index (κ1) is 16.3. The first-order valence-corrected chi connectivity index (χ1v) is 7.63. The van der Waals surface area contributed by atoms with Gasteiger partial charge in [0.15, 0.2) is 0 Å². The van der Waals surface area contributed by atoms with Gasteiger partial charge in [0.1, 0.15) is 6.04 Å². The fourth-order valence-corrected chi connectivity index (χ4v) is 2.82. The van der Waals surface area contributed by atoms with Crippen molar-refractivity contribution >= 4 is 23.6 Å². The van der Waals surface area contributed by atoms with Gasteiger partial charge in [-0.05, 0) is 12.2 Å². The number of nitrogens with zero attached hydrogens (tertiary/aromatic N) is 1. The molecule has 1 amide bonds. The third-order valence-corrected chi connectivity index (χ3v) is 3.88. The van der Waals surface area contributed by atoms with Crippen LogP contribution in [0.3, 0.4) is 0 Å². The summed E-state index contributed by atoms with van der Waals surface area (Å²) in [7, 11) is 0. The lowest BCUT2D eigenvalue weighted by atomic mass is 10.2. The molecule has 7 heteroatoms. The van der Waals surface area contributed by atoms with E-state index in [1.54, 1.807) is 11.8 Å². The van der Waals surface area contributed by atoms with E-state index < -0.39 is 12.0 Å². The molecule has 1 unspecified atom stereocenters. The Labute approximate surface area is 117 Å². The first-order chi connectivity index (χ1) is 9.09. The van der Waals surface area contributed by atoms with Crippen molar-refractivity contribution in [2.24, 2.45) is 0 Å². The number of carboxylic acid groups (broad SMARTS) is 1. The summed E-state index contributed by atoms with van der Waals surface area (Å²) in [5, 5.41) is 11.4. The highest BCUT2D eigenvalue weighted by Crippen LogP contribution is 2.07. The molecule has 0 bridgehead atoms. The Morgan fingerprint density at radius 3 is 2.63 bits per heavy atom. The number of hydrogen-bond donors (Lipinski definition) is 2. The third-order valence-electron chi connectivity index (χ3n) is 2.88. The molecule has 6 nitrogen and oxygen atoms in total. The zero-order valence-electron chi connectivity index (χ0n) is 11.3. The molecule has 0 aliphatic carbocycles. The summed E-state index contributed by atoms with van der Waals surface area (Å²) in [6.45, 7) is 5.89. The monoisotopic (exact) mass is 290 g/mol.